The Morgan fingerprint density at radius 1 is 1.08 bits per heavy atom. The quantitative estimate of drug-likeness (QED) is 0.389. The van der Waals surface area contributed by atoms with E-state index >= 15 is 0 Å². The Hall–Kier alpha value is -3.94. The maximum Gasteiger partial charge on any atom is 0.238 e. The van der Waals surface area contributed by atoms with Crippen LogP contribution in [0.3, 0.4) is 0 Å². The highest BCUT2D eigenvalue weighted by Crippen LogP contribution is 2.66. The average molecular weight is 521 g/mol. The minimum atomic E-state index is -0.497. The van der Waals surface area contributed by atoms with E-state index in [4.69, 9.17) is 9.47 Å². The zero-order chi connectivity index (χ0) is 26.6. The van der Waals surface area contributed by atoms with E-state index in [9.17, 15) is 4.79 Å². The lowest BCUT2D eigenvalue weighted by Crippen LogP contribution is -2.35. The van der Waals surface area contributed by atoms with Gasteiger partial charge in [0.15, 0.2) is 0 Å². The lowest BCUT2D eigenvalue weighted by atomic mass is 9.91. The van der Waals surface area contributed by atoms with Crippen molar-refractivity contribution in [2.45, 2.75) is 24.3 Å². The number of hydrogen-bond acceptors (Lipinski definition) is 5. The average Bonchev–Trinajstić information content (AvgIpc) is 3.56. The van der Waals surface area contributed by atoms with Gasteiger partial charge in [-0.25, -0.2) is 0 Å². The third kappa shape index (κ3) is 4.04. The second-order valence-corrected chi connectivity index (χ2v) is 10.9. The van der Waals surface area contributed by atoms with Gasteiger partial charge in [0.05, 0.1) is 36.9 Å². The van der Waals surface area contributed by atoms with Crippen molar-refractivity contribution in [3.63, 3.8) is 0 Å². The first-order valence-corrected chi connectivity index (χ1v) is 13.6. The van der Waals surface area contributed by atoms with Gasteiger partial charge < -0.3 is 14.4 Å². The van der Waals surface area contributed by atoms with Crippen LogP contribution in [-0.2, 0) is 21.5 Å². The van der Waals surface area contributed by atoms with Gasteiger partial charge >= 0.3 is 0 Å². The Kier molecular flexibility index (Phi) is 5.79. The van der Waals surface area contributed by atoms with E-state index < -0.39 is 5.41 Å². The number of carbonyl (C=O) groups excluding carboxylic acids is 1. The van der Waals surface area contributed by atoms with E-state index in [0.717, 1.165) is 84.0 Å². The molecule has 2 fully saturated rings. The lowest BCUT2D eigenvalue weighted by molar-refractivity contribution is -0.120. The lowest BCUT2D eigenvalue weighted by Gasteiger charge is -2.26. The number of likely N-dealkylation sites (N-methyl/N-ethyl adjacent to an activating group) is 1. The molecule has 3 aliphatic rings. The highest BCUT2D eigenvalue weighted by molar-refractivity contribution is 6.11. The van der Waals surface area contributed by atoms with Crippen LogP contribution in [0, 0.1) is 0 Å². The summed E-state index contributed by atoms with van der Waals surface area (Å²) in [6, 6.07) is 21.1. The van der Waals surface area contributed by atoms with Crippen LogP contribution in [0.5, 0.6) is 5.75 Å². The second kappa shape index (κ2) is 9.36. The number of ether oxygens (including phenoxy) is 2. The van der Waals surface area contributed by atoms with Crippen molar-refractivity contribution < 1.29 is 14.3 Å². The standard InChI is InChI=1S/C32H32N4O3/c1-35-30-12-9-24(38-2)18-26(30)32(31(35)37)19-27(32)23-8-10-25-28(33-34-29(25)17-23)11-7-21-3-5-22(6-4-21)20-36-13-15-39-16-14-36/h3-12,17-18,27H,13-16,19-20H2,1-2H3,(H,33,34). The molecule has 2 atom stereocenters. The molecule has 198 valence electrons. The number of H-pyrrole nitrogens is 1. The number of rotatable bonds is 6. The Labute approximate surface area is 228 Å². The summed E-state index contributed by atoms with van der Waals surface area (Å²) in [6.07, 6.45) is 4.98. The van der Waals surface area contributed by atoms with Crippen LogP contribution in [0.2, 0.25) is 0 Å². The second-order valence-electron chi connectivity index (χ2n) is 10.9. The Morgan fingerprint density at radius 3 is 2.69 bits per heavy atom. The molecule has 1 amide bonds. The van der Waals surface area contributed by atoms with Gasteiger partial charge in [-0.05, 0) is 59.0 Å². The smallest absolute Gasteiger partial charge is 0.238 e. The topological polar surface area (TPSA) is 70.7 Å². The minimum absolute atomic E-state index is 0.142. The van der Waals surface area contributed by atoms with Gasteiger partial charge in [-0.2, -0.15) is 5.10 Å². The van der Waals surface area contributed by atoms with Gasteiger partial charge in [-0.3, -0.25) is 14.8 Å². The summed E-state index contributed by atoms with van der Waals surface area (Å²) in [6.45, 7) is 4.59. The monoisotopic (exact) mass is 520 g/mol. The van der Waals surface area contributed by atoms with Crippen molar-refractivity contribution in [1.82, 2.24) is 15.1 Å². The Balaban J connectivity index is 1.09. The van der Waals surface area contributed by atoms with Crippen molar-refractivity contribution in [1.29, 1.82) is 0 Å². The summed E-state index contributed by atoms with van der Waals surface area (Å²) in [7, 11) is 3.53. The molecule has 3 heterocycles. The van der Waals surface area contributed by atoms with Gasteiger partial charge in [-0.15, -0.1) is 0 Å². The minimum Gasteiger partial charge on any atom is -0.497 e. The first-order valence-electron chi connectivity index (χ1n) is 13.6. The molecule has 1 aromatic heterocycles. The van der Waals surface area contributed by atoms with Crippen molar-refractivity contribution >= 4 is 34.6 Å². The molecule has 7 nitrogen and oxygen atoms in total. The third-order valence-electron chi connectivity index (χ3n) is 8.63. The molecule has 7 heteroatoms. The van der Waals surface area contributed by atoms with Crippen LogP contribution in [0.1, 0.15) is 40.3 Å². The van der Waals surface area contributed by atoms with Gasteiger partial charge in [0.25, 0.3) is 0 Å². The fourth-order valence-corrected chi connectivity index (χ4v) is 6.34. The van der Waals surface area contributed by atoms with Crippen molar-refractivity contribution in [3.8, 4) is 5.75 Å². The van der Waals surface area contributed by atoms with E-state index in [1.165, 1.54) is 5.56 Å². The molecule has 1 spiro atoms. The van der Waals surface area contributed by atoms with Crippen LogP contribution < -0.4 is 9.64 Å². The Morgan fingerprint density at radius 2 is 1.90 bits per heavy atom. The van der Waals surface area contributed by atoms with Crippen LogP contribution in [0.25, 0.3) is 23.1 Å². The number of anilines is 1. The highest BCUT2D eigenvalue weighted by atomic mass is 16.5. The van der Waals surface area contributed by atoms with Gasteiger partial charge in [0.1, 0.15) is 5.75 Å². The molecule has 7 rings (SSSR count). The summed E-state index contributed by atoms with van der Waals surface area (Å²) in [5, 5.41) is 8.86. The summed E-state index contributed by atoms with van der Waals surface area (Å²) in [5.41, 5.74) is 7.07. The molecular formula is C32H32N4O3. The number of benzene rings is 3. The summed E-state index contributed by atoms with van der Waals surface area (Å²) in [5.74, 6) is 1.09. The molecule has 4 aromatic rings. The first-order chi connectivity index (χ1) is 19.1. The van der Waals surface area contributed by atoms with Crippen LogP contribution in [0.4, 0.5) is 5.69 Å². The van der Waals surface area contributed by atoms with Crippen LogP contribution in [0.15, 0.2) is 60.7 Å². The van der Waals surface area contributed by atoms with Gasteiger partial charge in [-0.1, -0.05) is 42.5 Å². The molecule has 0 bridgehead atoms. The van der Waals surface area contributed by atoms with Gasteiger partial charge in [0.2, 0.25) is 5.91 Å². The zero-order valence-electron chi connectivity index (χ0n) is 22.3. The molecule has 0 radical (unpaired) electrons. The van der Waals surface area contributed by atoms with Crippen molar-refractivity contribution in [3.05, 3.63) is 88.6 Å². The van der Waals surface area contributed by atoms with Crippen LogP contribution >= 0.6 is 0 Å². The number of amides is 1. The predicted molar refractivity (Wildman–Crippen MR) is 153 cm³/mol. The summed E-state index contributed by atoms with van der Waals surface area (Å²) in [4.78, 5) is 17.6. The van der Waals surface area contributed by atoms with E-state index in [-0.39, 0.29) is 11.8 Å². The van der Waals surface area contributed by atoms with Crippen molar-refractivity contribution in [2.75, 3.05) is 45.4 Å². The molecule has 2 unspecified atom stereocenters. The number of methoxy groups -OCH3 is 1. The molecular weight excluding hydrogens is 488 g/mol. The van der Waals surface area contributed by atoms with E-state index in [1.807, 2.05) is 25.2 Å². The van der Waals surface area contributed by atoms with E-state index in [1.54, 1.807) is 12.0 Å². The van der Waals surface area contributed by atoms with Gasteiger partial charge in [0, 0.05) is 43.7 Å². The molecule has 2 aliphatic heterocycles. The molecule has 39 heavy (non-hydrogen) atoms. The highest BCUT2D eigenvalue weighted by Gasteiger charge is 2.66. The SMILES string of the molecule is COc1ccc2c(c1)C1(CC1c1ccc3c(C=Cc4ccc(CN5CCOCC5)cc4)n[nH]c3c1)C(=O)N2C. The molecule has 1 N–H and O–H groups in total. The third-order valence-corrected chi connectivity index (χ3v) is 8.63. The molecule has 1 saturated carbocycles. The molecule has 1 saturated heterocycles. The molecule has 3 aromatic carbocycles. The largest absolute Gasteiger partial charge is 0.497 e. The fourth-order valence-electron chi connectivity index (χ4n) is 6.34. The number of nitrogens with one attached hydrogen (secondary N) is 1. The number of carbonyl (C=O) groups is 1. The van der Waals surface area contributed by atoms with E-state index in [2.05, 4.69) is 69.7 Å². The normalized spacial score (nSPS) is 22.8. The summed E-state index contributed by atoms with van der Waals surface area (Å²) < 4.78 is 10.9. The van der Waals surface area contributed by atoms with Crippen LogP contribution in [-0.4, -0.2) is 61.5 Å². The number of morpholine rings is 1. The molecule has 1 aliphatic carbocycles. The number of aromatic amines is 1. The number of nitrogens with zero attached hydrogens (tertiary/aromatic N) is 3. The predicted octanol–water partition coefficient (Wildman–Crippen LogP) is 4.98. The maximum atomic E-state index is 13.4. The number of hydrogen-bond donors (Lipinski definition) is 1. The van der Waals surface area contributed by atoms with Crippen molar-refractivity contribution in [2.24, 2.45) is 0 Å². The Bertz CT molecular complexity index is 1590. The fraction of sp³-hybridized carbons (Fsp3) is 0.312. The summed E-state index contributed by atoms with van der Waals surface area (Å²) >= 11 is 0. The zero-order valence-corrected chi connectivity index (χ0v) is 22.3. The van der Waals surface area contributed by atoms with E-state index in [0.29, 0.717) is 0 Å². The number of fused-ring (bicyclic) bond motifs is 3. The first kappa shape index (κ1) is 24.1. The number of aromatic nitrogens is 2. The maximum absolute atomic E-state index is 13.4.